The molecule has 2 N–H and O–H groups in total. The number of rotatable bonds is 4. The molecule has 0 aliphatic carbocycles. The molecule has 1 atom stereocenters. The second-order valence-electron chi connectivity index (χ2n) is 3.96. The van der Waals surface area contributed by atoms with Gasteiger partial charge in [-0.2, -0.15) is 0 Å². The Kier molecular flexibility index (Phi) is 4.49. The van der Waals surface area contributed by atoms with E-state index in [1.807, 2.05) is 0 Å². The standard InChI is InChI=1S/C11H14ClN3O3/c1-6(11(17)18)14-9-8(12)4-7(5-13-9)10(16)15(2)3/h4-6H,1-3H3,(H,13,14)(H,17,18). The van der Waals surface area contributed by atoms with Crippen LogP contribution in [0.4, 0.5) is 5.82 Å². The third-order valence-corrected chi connectivity index (χ3v) is 2.51. The maximum Gasteiger partial charge on any atom is 0.325 e. The summed E-state index contributed by atoms with van der Waals surface area (Å²) in [6.07, 6.45) is 1.35. The third kappa shape index (κ3) is 3.33. The molecule has 0 saturated heterocycles. The highest BCUT2D eigenvalue weighted by atomic mass is 35.5. The first-order valence-corrected chi connectivity index (χ1v) is 5.57. The van der Waals surface area contributed by atoms with Crippen molar-refractivity contribution >= 4 is 29.3 Å². The minimum Gasteiger partial charge on any atom is -0.480 e. The molecule has 1 aromatic rings. The largest absolute Gasteiger partial charge is 0.480 e. The van der Waals surface area contributed by atoms with Gasteiger partial charge in [0.05, 0.1) is 10.6 Å². The Hall–Kier alpha value is -1.82. The van der Waals surface area contributed by atoms with Gasteiger partial charge in [0.1, 0.15) is 11.9 Å². The van der Waals surface area contributed by atoms with Crippen LogP contribution in [0.5, 0.6) is 0 Å². The summed E-state index contributed by atoms with van der Waals surface area (Å²) in [5, 5.41) is 11.6. The molecule has 1 rings (SSSR count). The van der Waals surface area contributed by atoms with Crippen LogP contribution < -0.4 is 5.32 Å². The summed E-state index contributed by atoms with van der Waals surface area (Å²) in [6, 6.07) is 0.638. The van der Waals surface area contributed by atoms with E-state index in [1.165, 1.54) is 24.1 Å². The van der Waals surface area contributed by atoms with Gasteiger partial charge in [-0.1, -0.05) is 11.6 Å². The number of anilines is 1. The monoisotopic (exact) mass is 271 g/mol. The Balaban J connectivity index is 2.93. The van der Waals surface area contributed by atoms with Crippen LogP contribution in [0.2, 0.25) is 5.02 Å². The van der Waals surface area contributed by atoms with Gasteiger partial charge < -0.3 is 15.3 Å². The number of nitrogens with one attached hydrogen (secondary N) is 1. The van der Waals surface area contributed by atoms with E-state index in [9.17, 15) is 9.59 Å². The van der Waals surface area contributed by atoms with Crippen LogP contribution in [0.3, 0.4) is 0 Å². The van der Waals surface area contributed by atoms with Crippen molar-refractivity contribution in [3.63, 3.8) is 0 Å². The molecule has 1 heterocycles. The summed E-state index contributed by atoms with van der Waals surface area (Å²) < 4.78 is 0. The van der Waals surface area contributed by atoms with Crippen molar-refractivity contribution in [1.29, 1.82) is 0 Å². The maximum atomic E-state index is 11.7. The van der Waals surface area contributed by atoms with Gasteiger partial charge in [-0.25, -0.2) is 4.98 Å². The first-order chi connectivity index (χ1) is 8.32. The van der Waals surface area contributed by atoms with E-state index in [1.54, 1.807) is 14.1 Å². The van der Waals surface area contributed by atoms with E-state index < -0.39 is 12.0 Å². The lowest BCUT2D eigenvalue weighted by Gasteiger charge is -2.13. The molecule has 7 heteroatoms. The molecule has 0 aliphatic rings. The van der Waals surface area contributed by atoms with Crippen LogP contribution in [0.25, 0.3) is 0 Å². The number of carbonyl (C=O) groups excluding carboxylic acids is 1. The number of halogens is 1. The summed E-state index contributed by atoms with van der Waals surface area (Å²) in [5.74, 6) is -0.995. The van der Waals surface area contributed by atoms with E-state index in [2.05, 4.69) is 10.3 Å². The molecule has 0 aliphatic heterocycles. The summed E-state index contributed by atoms with van der Waals surface area (Å²) in [7, 11) is 3.24. The second kappa shape index (κ2) is 5.68. The highest BCUT2D eigenvalue weighted by Crippen LogP contribution is 2.21. The van der Waals surface area contributed by atoms with Crippen molar-refractivity contribution < 1.29 is 14.7 Å². The smallest absolute Gasteiger partial charge is 0.325 e. The van der Waals surface area contributed by atoms with Gasteiger partial charge in [-0.3, -0.25) is 9.59 Å². The second-order valence-corrected chi connectivity index (χ2v) is 4.37. The average Bonchev–Trinajstić information content (AvgIpc) is 2.30. The first kappa shape index (κ1) is 14.2. The van der Waals surface area contributed by atoms with Crippen LogP contribution >= 0.6 is 11.6 Å². The fourth-order valence-electron chi connectivity index (χ4n) is 1.19. The van der Waals surface area contributed by atoms with E-state index in [0.717, 1.165) is 0 Å². The quantitative estimate of drug-likeness (QED) is 0.863. The van der Waals surface area contributed by atoms with Gasteiger partial charge in [0.25, 0.3) is 5.91 Å². The molecule has 0 radical (unpaired) electrons. The van der Waals surface area contributed by atoms with E-state index in [0.29, 0.717) is 5.56 Å². The van der Waals surface area contributed by atoms with E-state index in [-0.39, 0.29) is 16.7 Å². The van der Waals surface area contributed by atoms with Crippen LogP contribution in [0.1, 0.15) is 17.3 Å². The molecule has 98 valence electrons. The van der Waals surface area contributed by atoms with Crippen molar-refractivity contribution in [3.8, 4) is 0 Å². The lowest BCUT2D eigenvalue weighted by molar-refractivity contribution is -0.137. The molecule has 1 unspecified atom stereocenters. The zero-order chi connectivity index (χ0) is 13.9. The summed E-state index contributed by atoms with van der Waals surface area (Å²) in [4.78, 5) is 27.7. The molecule has 6 nitrogen and oxygen atoms in total. The minimum absolute atomic E-state index is 0.204. The molecule has 0 bridgehead atoms. The third-order valence-electron chi connectivity index (χ3n) is 2.22. The number of carboxylic acid groups (broad SMARTS) is 1. The number of carbonyl (C=O) groups is 2. The van der Waals surface area contributed by atoms with Crippen molar-refractivity contribution in [1.82, 2.24) is 9.88 Å². The van der Waals surface area contributed by atoms with Crippen LogP contribution in [0, 0.1) is 0 Å². The van der Waals surface area contributed by atoms with Crippen molar-refractivity contribution in [2.75, 3.05) is 19.4 Å². The maximum absolute atomic E-state index is 11.7. The Morgan fingerprint density at radius 3 is 2.56 bits per heavy atom. The topological polar surface area (TPSA) is 82.5 Å². The van der Waals surface area contributed by atoms with Gasteiger partial charge in [-0.05, 0) is 13.0 Å². The number of aliphatic carboxylic acids is 1. The van der Waals surface area contributed by atoms with Gasteiger partial charge in [-0.15, -0.1) is 0 Å². The van der Waals surface area contributed by atoms with Crippen molar-refractivity contribution in [2.24, 2.45) is 0 Å². The molecular weight excluding hydrogens is 258 g/mol. The number of nitrogens with zero attached hydrogens (tertiary/aromatic N) is 2. The average molecular weight is 272 g/mol. The van der Waals surface area contributed by atoms with Crippen LogP contribution in [-0.4, -0.2) is 47.0 Å². The number of aromatic nitrogens is 1. The lowest BCUT2D eigenvalue weighted by Crippen LogP contribution is -2.26. The SMILES string of the molecule is CC(Nc1ncc(C(=O)N(C)C)cc1Cl)C(=O)O. The summed E-state index contributed by atoms with van der Waals surface area (Å²) in [5.41, 5.74) is 0.346. The predicted molar refractivity (Wildman–Crippen MR) is 68.0 cm³/mol. The zero-order valence-corrected chi connectivity index (χ0v) is 11.0. The zero-order valence-electron chi connectivity index (χ0n) is 10.3. The molecule has 0 saturated carbocycles. The number of amides is 1. The number of carboxylic acids is 1. The molecule has 0 fully saturated rings. The summed E-state index contributed by atoms with van der Waals surface area (Å²) in [6.45, 7) is 1.47. The Morgan fingerprint density at radius 1 is 1.50 bits per heavy atom. The lowest BCUT2D eigenvalue weighted by atomic mass is 10.2. The normalized spacial score (nSPS) is 11.8. The minimum atomic E-state index is -1.01. The Labute approximate surface area is 110 Å². The van der Waals surface area contributed by atoms with Gasteiger partial charge in [0.15, 0.2) is 0 Å². The molecular formula is C11H14ClN3O3. The van der Waals surface area contributed by atoms with Crippen molar-refractivity contribution in [3.05, 3.63) is 22.8 Å². The fraction of sp³-hybridized carbons (Fsp3) is 0.364. The summed E-state index contributed by atoms with van der Waals surface area (Å²) >= 11 is 5.94. The molecule has 0 aromatic carbocycles. The Bertz CT molecular complexity index is 477. The Morgan fingerprint density at radius 2 is 2.11 bits per heavy atom. The highest BCUT2D eigenvalue weighted by molar-refractivity contribution is 6.33. The van der Waals surface area contributed by atoms with Gasteiger partial charge in [0.2, 0.25) is 0 Å². The molecule has 18 heavy (non-hydrogen) atoms. The van der Waals surface area contributed by atoms with Crippen molar-refractivity contribution in [2.45, 2.75) is 13.0 Å². The van der Waals surface area contributed by atoms with E-state index in [4.69, 9.17) is 16.7 Å². The predicted octanol–water partition coefficient (Wildman–Crippen LogP) is 1.32. The molecule has 1 aromatic heterocycles. The number of pyridine rings is 1. The number of hydrogen-bond donors (Lipinski definition) is 2. The molecule has 0 spiro atoms. The fourth-order valence-corrected chi connectivity index (χ4v) is 1.41. The molecule has 1 amide bonds. The first-order valence-electron chi connectivity index (χ1n) is 5.19. The van der Waals surface area contributed by atoms with Gasteiger partial charge in [0, 0.05) is 20.3 Å². The van der Waals surface area contributed by atoms with Gasteiger partial charge >= 0.3 is 5.97 Å². The van der Waals surface area contributed by atoms with Crippen LogP contribution in [0.15, 0.2) is 12.3 Å². The van der Waals surface area contributed by atoms with E-state index >= 15 is 0 Å². The van der Waals surface area contributed by atoms with Crippen LogP contribution in [-0.2, 0) is 4.79 Å². The highest BCUT2D eigenvalue weighted by Gasteiger charge is 2.15. The number of hydrogen-bond acceptors (Lipinski definition) is 4.